The molecule has 2 N–H and O–H groups in total. The third-order valence-electron chi connectivity index (χ3n) is 4.28. The van der Waals surface area contributed by atoms with Gasteiger partial charge in [-0.2, -0.15) is 0 Å². The maximum Gasteiger partial charge on any atom is 0.264 e. The highest BCUT2D eigenvalue weighted by atomic mass is 16.7. The van der Waals surface area contributed by atoms with E-state index in [-0.39, 0.29) is 23.8 Å². The van der Waals surface area contributed by atoms with Crippen LogP contribution in [0.4, 0.5) is 0 Å². The Kier molecular flexibility index (Phi) is 4.48. The molecule has 2 aromatic rings. The normalized spacial score (nSPS) is 14.2. The summed E-state index contributed by atoms with van der Waals surface area (Å²) in [6.45, 7) is 9.56. The molecule has 0 aliphatic carbocycles. The van der Waals surface area contributed by atoms with Gasteiger partial charge in [-0.15, -0.1) is 0 Å². The zero-order chi connectivity index (χ0) is 19.1. The molecule has 0 saturated heterocycles. The molecule has 1 aliphatic heterocycles. The Morgan fingerprint density at radius 1 is 1.27 bits per heavy atom. The summed E-state index contributed by atoms with van der Waals surface area (Å²) in [5.74, 6) is 1.43. The molecule has 0 radical (unpaired) electrons. The van der Waals surface area contributed by atoms with Gasteiger partial charge in [0.1, 0.15) is 11.4 Å². The van der Waals surface area contributed by atoms with Gasteiger partial charge in [-0.25, -0.2) is 4.98 Å². The molecule has 1 amide bonds. The smallest absolute Gasteiger partial charge is 0.264 e. The lowest BCUT2D eigenvalue weighted by Gasteiger charge is -2.19. The second-order valence-corrected chi connectivity index (χ2v) is 7.43. The molecule has 7 nitrogen and oxygen atoms in total. The van der Waals surface area contributed by atoms with Crippen LogP contribution in [0.25, 0.3) is 0 Å². The number of aryl methyl sites for hydroxylation is 1. The molecule has 1 aromatic carbocycles. The van der Waals surface area contributed by atoms with Crippen molar-refractivity contribution in [3.63, 3.8) is 0 Å². The Morgan fingerprint density at radius 2 is 1.96 bits per heavy atom. The lowest BCUT2D eigenvalue weighted by molar-refractivity contribution is 0.0937. The number of ether oxygens (including phenoxy) is 2. The van der Waals surface area contributed by atoms with Crippen molar-refractivity contribution >= 4 is 5.91 Å². The van der Waals surface area contributed by atoms with Crippen LogP contribution in [-0.2, 0) is 5.41 Å². The second kappa shape index (κ2) is 6.48. The fourth-order valence-corrected chi connectivity index (χ4v) is 2.74. The first-order valence-corrected chi connectivity index (χ1v) is 8.48. The number of nitrogens with zero attached hydrogens (tertiary/aromatic N) is 1. The van der Waals surface area contributed by atoms with Gasteiger partial charge in [-0.05, 0) is 31.5 Å². The Morgan fingerprint density at radius 3 is 2.62 bits per heavy atom. The molecule has 1 unspecified atom stereocenters. The van der Waals surface area contributed by atoms with Gasteiger partial charge in [-0.1, -0.05) is 26.8 Å². The average Bonchev–Trinajstić information content (AvgIpc) is 3.00. The van der Waals surface area contributed by atoms with E-state index in [0.29, 0.717) is 23.0 Å². The van der Waals surface area contributed by atoms with Crippen LogP contribution >= 0.6 is 0 Å². The molecule has 2 heterocycles. The van der Waals surface area contributed by atoms with E-state index in [2.05, 4.69) is 15.3 Å². The number of rotatable bonds is 3. The standard InChI is InChI=1S/C19H23N3O4/c1-10(12-6-7-13-14(8-12)26-9-25-13)20-16(23)15-11(2)21-18(19(3,4)5)22-17(15)24/h6-8,10H,9H2,1-5H3,(H,20,23)(H,21,22,24). The van der Waals surface area contributed by atoms with E-state index in [4.69, 9.17) is 9.47 Å². The molecular formula is C19H23N3O4. The van der Waals surface area contributed by atoms with E-state index in [1.807, 2.05) is 39.8 Å². The molecule has 138 valence electrons. The third-order valence-corrected chi connectivity index (χ3v) is 4.28. The van der Waals surface area contributed by atoms with E-state index in [1.165, 1.54) is 0 Å². The Hall–Kier alpha value is -2.83. The van der Waals surface area contributed by atoms with Crippen molar-refractivity contribution < 1.29 is 14.3 Å². The van der Waals surface area contributed by atoms with Gasteiger partial charge in [-0.3, -0.25) is 9.59 Å². The topological polar surface area (TPSA) is 93.3 Å². The van der Waals surface area contributed by atoms with Crippen LogP contribution in [0.2, 0.25) is 0 Å². The zero-order valence-electron chi connectivity index (χ0n) is 15.6. The quantitative estimate of drug-likeness (QED) is 0.881. The van der Waals surface area contributed by atoms with Gasteiger partial charge in [0.15, 0.2) is 11.5 Å². The zero-order valence-corrected chi connectivity index (χ0v) is 15.6. The van der Waals surface area contributed by atoms with E-state index in [1.54, 1.807) is 13.0 Å². The van der Waals surface area contributed by atoms with Crippen molar-refractivity contribution in [3.8, 4) is 11.5 Å². The first-order valence-electron chi connectivity index (χ1n) is 8.48. The molecule has 3 rings (SSSR count). The lowest BCUT2D eigenvalue weighted by atomic mass is 9.95. The summed E-state index contributed by atoms with van der Waals surface area (Å²) in [5.41, 5.74) is 0.562. The number of carbonyl (C=O) groups is 1. The fourth-order valence-electron chi connectivity index (χ4n) is 2.74. The number of aromatic nitrogens is 2. The SMILES string of the molecule is Cc1nc(C(C)(C)C)[nH]c(=O)c1C(=O)NC(C)c1ccc2c(c1)OCO2. The number of H-pyrrole nitrogens is 1. The molecule has 0 bridgehead atoms. The summed E-state index contributed by atoms with van der Waals surface area (Å²) in [5, 5.41) is 2.85. The first-order chi connectivity index (χ1) is 12.2. The number of amides is 1. The van der Waals surface area contributed by atoms with Gasteiger partial charge in [0.2, 0.25) is 6.79 Å². The first kappa shape index (κ1) is 18.0. The number of aromatic amines is 1. The number of hydrogen-bond acceptors (Lipinski definition) is 5. The summed E-state index contributed by atoms with van der Waals surface area (Å²) in [7, 11) is 0. The highest BCUT2D eigenvalue weighted by molar-refractivity contribution is 5.95. The highest BCUT2D eigenvalue weighted by Crippen LogP contribution is 2.34. The molecule has 1 atom stereocenters. The third kappa shape index (κ3) is 3.42. The van der Waals surface area contributed by atoms with Gasteiger partial charge < -0.3 is 19.8 Å². The summed E-state index contributed by atoms with van der Waals surface area (Å²) in [6, 6.07) is 5.18. The van der Waals surface area contributed by atoms with Crippen molar-refractivity contribution in [1.29, 1.82) is 0 Å². The van der Waals surface area contributed by atoms with Crippen LogP contribution in [0.5, 0.6) is 11.5 Å². The van der Waals surface area contributed by atoms with Crippen LogP contribution in [0.1, 0.15) is 61.2 Å². The molecular weight excluding hydrogens is 334 g/mol. The molecule has 0 spiro atoms. The predicted molar refractivity (Wildman–Crippen MR) is 96.7 cm³/mol. The summed E-state index contributed by atoms with van der Waals surface area (Å²) in [6.07, 6.45) is 0. The van der Waals surface area contributed by atoms with Crippen molar-refractivity contribution in [1.82, 2.24) is 15.3 Å². The summed E-state index contributed by atoms with van der Waals surface area (Å²) in [4.78, 5) is 32.2. The molecule has 1 aromatic heterocycles. The van der Waals surface area contributed by atoms with Crippen LogP contribution < -0.4 is 20.3 Å². The fraction of sp³-hybridized carbons (Fsp3) is 0.421. The van der Waals surface area contributed by atoms with Crippen molar-refractivity contribution in [2.45, 2.75) is 46.1 Å². The predicted octanol–water partition coefficient (Wildman–Crippen LogP) is 2.60. The van der Waals surface area contributed by atoms with Gasteiger partial charge >= 0.3 is 0 Å². The number of carbonyl (C=O) groups excluding carboxylic acids is 1. The van der Waals surface area contributed by atoms with Crippen molar-refractivity contribution in [3.05, 3.63) is 51.2 Å². The maximum atomic E-state index is 12.6. The summed E-state index contributed by atoms with van der Waals surface area (Å²) < 4.78 is 10.7. The number of benzene rings is 1. The molecule has 0 saturated carbocycles. The average molecular weight is 357 g/mol. The molecule has 7 heteroatoms. The molecule has 1 aliphatic rings. The van der Waals surface area contributed by atoms with Gasteiger partial charge in [0.05, 0.1) is 11.7 Å². The van der Waals surface area contributed by atoms with Crippen LogP contribution in [0.15, 0.2) is 23.0 Å². The Balaban J connectivity index is 1.83. The molecule has 26 heavy (non-hydrogen) atoms. The number of fused-ring (bicyclic) bond motifs is 1. The maximum absolute atomic E-state index is 12.6. The Labute approximate surface area is 151 Å². The van der Waals surface area contributed by atoms with Gasteiger partial charge in [0, 0.05) is 5.41 Å². The minimum atomic E-state index is -0.457. The minimum absolute atomic E-state index is 0.0330. The lowest BCUT2D eigenvalue weighted by Crippen LogP contribution is -2.35. The van der Waals surface area contributed by atoms with E-state index < -0.39 is 11.5 Å². The van der Waals surface area contributed by atoms with Crippen molar-refractivity contribution in [2.24, 2.45) is 0 Å². The highest BCUT2D eigenvalue weighted by Gasteiger charge is 2.23. The van der Waals surface area contributed by atoms with Crippen molar-refractivity contribution in [2.75, 3.05) is 6.79 Å². The molecule has 0 fully saturated rings. The number of hydrogen-bond donors (Lipinski definition) is 2. The van der Waals surface area contributed by atoms with Crippen LogP contribution in [0, 0.1) is 6.92 Å². The largest absolute Gasteiger partial charge is 0.454 e. The second-order valence-electron chi connectivity index (χ2n) is 7.43. The van der Waals surface area contributed by atoms with E-state index >= 15 is 0 Å². The van der Waals surface area contributed by atoms with E-state index in [0.717, 1.165) is 5.56 Å². The number of nitrogens with one attached hydrogen (secondary N) is 2. The monoisotopic (exact) mass is 357 g/mol. The Bertz CT molecular complexity index is 912. The summed E-state index contributed by atoms with van der Waals surface area (Å²) >= 11 is 0. The minimum Gasteiger partial charge on any atom is -0.454 e. The van der Waals surface area contributed by atoms with E-state index in [9.17, 15) is 9.59 Å². The van der Waals surface area contributed by atoms with Crippen LogP contribution in [0.3, 0.4) is 0 Å². The van der Waals surface area contributed by atoms with Gasteiger partial charge in [0.25, 0.3) is 11.5 Å². The van der Waals surface area contributed by atoms with Crippen LogP contribution in [-0.4, -0.2) is 22.7 Å².